The molecule has 0 amide bonds. The predicted molar refractivity (Wildman–Crippen MR) is 70.3 cm³/mol. The number of benzene rings is 1. The van der Waals surface area contributed by atoms with E-state index < -0.39 is 10.0 Å². The summed E-state index contributed by atoms with van der Waals surface area (Å²) in [6, 6.07) is 4.88. The van der Waals surface area contributed by atoms with E-state index in [1.807, 2.05) is 6.92 Å². The second kappa shape index (κ2) is 6.26. The van der Waals surface area contributed by atoms with Gasteiger partial charge in [0.15, 0.2) is 0 Å². The molecule has 0 aliphatic carbocycles. The number of nitrogens with zero attached hydrogens (tertiary/aromatic N) is 1. The van der Waals surface area contributed by atoms with Gasteiger partial charge in [-0.3, -0.25) is 0 Å². The van der Waals surface area contributed by atoms with Crippen molar-refractivity contribution in [1.29, 1.82) is 0 Å². The third-order valence-corrected chi connectivity index (χ3v) is 4.44. The molecule has 1 N–H and O–H groups in total. The first kappa shape index (κ1) is 15.1. The quantitative estimate of drug-likeness (QED) is 0.791. The van der Waals surface area contributed by atoms with Gasteiger partial charge in [-0.25, -0.2) is 17.1 Å². The van der Waals surface area contributed by atoms with Gasteiger partial charge in [-0.1, -0.05) is 17.7 Å². The van der Waals surface area contributed by atoms with Crippen LogP contribution in [0.25, 0.3) is 0 Å². The van der Waals surface area contributed by atoms with Crippen LogP contribution in [0.15, 0.2) is 18.2 Å². The van der Waals surface area contributed by atoms with Gasteiger partial charge < -0.3 is 5.32 Å². The first-order valence-electron chi connectivity index (χ1n) is 5.69. The number of hydrogen-bond donors (Lipinski definition) is 1. The summed E-state index contributed by atoms with van der Waals surface area (Å²) in [5, 5.41) is 2.93. The average Bonchev–Trinajstić information content (AvgIpc) is 2.28. The smallest absolute Gasteiger partial charge is 0.214 e. The Hall–Kier alpha value is -0.980. The molecule has 0 fully saturated rings. The van der Waals surface area contributed by atoms with Gasteiger partial charge in [0.1, 0.15) is 5.82 Å². The molecule has 0 saturated heterocycles. The second-order valence-electron chi connectivity index (χ2n) is 4.37. The third kappa shape index (κ3) is 4.36. The van der Waals surface area contributed by atoms with Gasteiger partial charge in [-0.15, -0.1) is 0 Å². The fourth-order valence-electron chi connectivity index (χ4n) is 1.45. The van der Waals surface area contributed by atoms with E-state index in [9.17, 15) is 12.8 Å². The molecule has 1 aromatic carbocycles. The molecule has 0 bridgehead atoms. The van der Waals surface area contributed by atoms with Gasteiger partial charge >= 0.3 is 0 Å². The zero-order chi connectivity index (χ0) is 13.8. The first-order chi connectivity index (χ1) is 8.33. The molecule has 1 aromatic rings. The molecule has 0 radical (unpaired) electrons. The van der Waals surface area contributed by atoms with Crippen molar-refractivity contribution in [3.8, 4) is 0 Å². The lowest BCUT2D eigenvalue weighted by molar-refractivity contribution is 0.516. The van der Waals surface area contributed by atoms with Crippen LogP contribution in [0.5, 0.6) is 0 Å². The molecule has 0 heterocycles. The Bertz CT molecular complexity index is 501. The van der Waals surface area contributed by atoms with Crippen LogP contribution in [0.2, 0.25) is 0 Å². The molecule has 0 unspecified atom stereocenters. The van der Waals surface area contributed by atoms with Crippen molar-refractivity contribution in [2.45, 2.75) is 13.5 Å². The van der Waals surface area contributed by atoms with Crippen molar-refractivity contribution in [2.24, 2.45) is 0 Å². The van der Waals surface area contributed by atoms with E-state index in [0.29, 0.717) is 18.7 Å². The van der Waals surface area contributed by atoms with E-state index in [1.165, 1.54) is 24.5 Å². The minimum atomic E-state index is -3.19. The zero-order valence-corrected chi connectivity index (χ0v) is 11.7. The van der Waals surface area contributed by atoms with Crippen LogP contribution < -0.4 is 5.32 Å². The van der Waals surface area contributed by atoms with Gasteiger partial charge in [0.25, 0.3) is 0 Å². The maximum atomic E-state index is 13.4. The standard InChI is InChI=1S/C12H19FN2O2S/c1-10-4-5-12(13)11(8-10)9-14-6-7-18(16,17)15(2)3/h4-5,8,14H,6-7,9H2,1-3H3. The minimum absolute atomic E-state index is 0.00738. The van der Waals surface area contributed by atoms with Crippen LogP contribution in [-0.2, 0) is 16.6 Å². The monoisotopic (exact) mass is 274 g/mol. The van der Waals surface area contributed by atoms with Gasteiger partial charge in [0.2, 0.25) is 10.0 Å². The maximum Gasteiger partial charge on any atom is 0.214 e. The molecular weight excluding hydrogens is 255 g/mol. The average molecular weight is 274 g/mol. The van der Waals surface area contributed by atoms with E-state index in [2.05, 4.69) is 5.32 Å². The number of rotatable bonds is 6. The maximum absolute atomic E-state index is 13.4. The summed E-state index contributed by atoms with van der Waals surface area (Å²) >= 11 is 0. The van der Waals surface area contributed by atoms with E-state index in [1.54, 1.807) is 12.1 Å². The molecule has 1 rings (SSSR count). The Morgan fingerprint density at radius 2 is 2.00 bits per heavy atom. The zero-order valence-electron chi connectivity index (χ0n) is 10.9. The van der Waals surface area contributed by atoms with Crippen LogP contribution in [0, 0.1) is 12.7 Å². The summed E-state index contributed by atoms with van der Waals surface area (Å²) in [5.74, 6) is -0.267. The lowest BCUT2D eigenvalue weighted by Crippen LogP contribution is -2.31. The van der Waals surface area contributed by atoms with Crippen molar-refractivity contribution < 1.29 is 12.8 Å². The molecule has 0 aliphatic rings. The van der Waals surface area contributed by atoms with Crippen LogP contribution >= 0.6 is 0 Å². The van der Waals surface area contributed by atoms with Gasteiger partial charge in [-0.05, 0) is 13.0 Å². The fourth-order valence-corrected chi connectivity index (χ4v) is 2.21. The highest BCUT2D eigenvalue weighted by atomic mass is 32.2. The summed E-state index contributed by atoms with van der Waals surface area (Å²) < 4.78 is 37.5. The fraction of sp³-hybridized carbons (Fsp3) is 0.500. The highest BCUT2D eigenvalue weighted by Gasteiger charge is 2.12. The molecule has 18 heavy (non-hydrogen) atoms. The van der Waals surface area contributed by atoms with E-state index in [0.717, 1.165) is 5.56 Å². The normalized spacial score (nSPS) is 12.1. The van der Waals surface area contributed by atoms with E-state index in [4.69, 9.17) is 0 Å². The molecule has 0 atom stereocenters. The van der Waals surface area contributed by atoms with E-state index in [-0.39, 0.29) is 11.6 Å². The predicted octanol–water partition coefficient (Wildman–Crippen LogP) is 1.12. The van der Waals surface area contributed by atoms with E-state index >= 15 is 0 Å². The van der Waals surface area contributed by atoms with Gasteiger partial charge in [-0.2, -0.15) is 0 Å². The Morgan fingerprint density at radius 1 is 1.33 bits per heavy atom. The number of sulfonamides is 1. The highest BCUT2D eigenvalue weighted by Crippen LogP contribution is 2.09. The van der Waals surface area contributed by atoms with Crippen molar-refractivity contribution in [3.05, 3.63) is 35.1 Å². The molecule has 0 aliphatic heterocycles. The first-order valence-corrected chi connectivity index (χ1v) is 7.30. The third-order valence-electron chi connectivity index (χ3n) is 2.61. The van der Waals surface area contributed by atoms with Crippen LogP contribution in [-0.4, -0.2) is 39.1 Å². The second-order valence-corrected chi connectivity index (χ2v) is 6.67. The summed E-state index contributed by atoms with van der Waals surface area (Å²) in [5.41, 5.74) is 1.53. The summed E-state index contributed by atoms with van der Waals surface area (Å²) in [7, 11) is -0.203. The lowest BCUT2D eigenvalue weighted by atomic mass is 10.1. The van der Waals surface area contributed by atoms with Crippen molar-refractivity contribution >= 4 is 10.0 Å². The lowest BCUT2D eigenvalue weighted by Gasteiger charge is -2.12. The van der Waals surface area contributed by atoms with Crippen molar-refractivity contribution in [1.82, 2.24) is 9.62 Å². The topological polar surface area (TPSA) is 49.4 Å². The summed E-state index contributed by atoms with van der Waals surface area (Å²) in [4.78, 5) is 0. The van der Waals surface area contributed by atoms with Gasteiger partial charge in [0, 0.05) is 32.7 Å². The van der Waals surface area contributed by atoms with Crippen LogP contribution in [0.1, 0.15) is 11.1 Å². The SMILES string of the molecule is Cc1ccc(F)c(CNCCS(=O)(=O)N(C)C)c1. The van der Waals surface area contributed by atoms with Crippen molar-refractivity contribution in [3.63, 3.8) is 0 Å². The Balaban J connectivity index is 2.46. The molecule has 0 saturated carbocycles. The summed E-state index contributed by atoms with van der Waals surface area (Å²) in [6.07, 6.45) is 0. The van der Waals surface area contributed by atoms with Crippen LogP contribution in [0.4, 0.5) is 4.39 Å². The molecule has 102 valence electrons. The molecule has 0 aromatic heterocycles. The van der Waals surface area contributed by atoms with Crippen LogP contribution in [0.3, 0.4) is 0 Å². The summed E-state index contributed by atoms with van der Waals surface area (Å²) in [6.45, 7) is 2.52. The Morgan fingerprint density at radius 3 is 2.61 bits per heavy atom. The highest BCUT2D eigenvalue weighted by molar-refractivity contribution is 7.89. The van der Waals surface area contributed by atoms with Gasteiger partial charge in [0.05, 0.1) is 5.75 Å². The number of aryl methyl sites for hydroxylation is 1. The Kier molecular flexibility index (Phi) is 5.25. The molecule has 6 heteroatoms. The molecular formula is C12H19FN2O2S. The molecule has 0 spiro atoms. The number of halogens is 1. The minimum Gasteiger partial charge on any atom is -0.312 e. The van der Waals surface area contributed by atoms with Crippen molar-refractivity contribution in [2.75, 3.05) is 26.4 Å². The largest absolute Gasteiger partial charge is 0.312 e. The Labute approximate surface area is 108 Å². The molecule has 4 nitrogen and oxygen atoms in total. The number of hydrogen-bond acceptors (Lipinski definition) is 3. The number of nitrogens with one attached hydrogen (secondary N) is 1.